The van der Waals surface area contributed by atoms with E-state index in [-0.39, 0.29) is 0 Å². The summed E-state index contributed by atoms with van der Waals surface area (Å²) in [5.41, 5.74) is 2.92. The second-order valence-electron chi connectivity index (χ2n) is 5.87. The molecular formula is C16H24N2. The number of nitrogens with zero attached hydrogens (tertiary/aromatic N) is 1. The lowest BCUT2D eigenvalue weighted by Gasteiger charge is -2.33. The number of rotatable bonds is 3. The van der Waals surface area contributed by atoms with Gasteiger partial charge in [0.1, 0.15) is 0 Å². The van der Waals surface area contributed by atoms with Crippen LogP contribution < -0.4 is 5.32 Å². The van der Waals surface area contributed by atoms with Crippen LogP contribution in [0, 0.1) is 5.92 Å². The van der Waals surface area contributed by atoms with Gasteiger partial charge in [0, 0.05) is 23.9 Å². The van der Waals surface area contributed by atoms with E-state index in [9.17, 15) is 0 Å². The molecule has 2 nitrogen and oxygen atoms in total. The lowest BCUT2D eigenvalue weighted by Crippen LogP contribution is -2.35. The second kappa shape index (κ2) is 5.40. The molecule has 3 atom stereocenters. The molecule has 1 heterocycles. The number of nitrogens with one attached hydrogen (secondary N) is 1. The molecule has 18 heavy (non-hydrogen) atoms. The molecule has 1 fully saturated rings. The van der Waals surface area contributed by atoms with Crippen molar-refractivity contribution in [3.8, 4) is 0 Å². The number of hydrogen-bond acceptors (Lipinski definition) is 2. The maximum absolute atomic E-state index is 4.67. The van der Waals surface area contributed by atoms with Gasteiger partial charge in [0.15, 0.2) is 0 Å². The van der Waals surface area contributed by atoms with Crippen molar-refractivity contribution in [3.05, 3.63) is 29.6 Å². The van der Waals surface area contributed by atoms with Gasteiger partial charge in [0.25, 0.3) is 0 Å². The molecule has 0 aromatic carbocycles. The van der Waals surface area contributed by atoms with E-state index in [1.807, 2.05) is 6.20 Å². The van der Waals surface area contributed by atoms with Crippen LogP contribution in [-0.2, 0) is 6.42 Å². The van der Waals surface area contributed by atoms with Gasteiger partial charge in [-0.25, -0.2) is 0 Å². The topological polar surface area (TPSA) is 24.9 Å². The maximum Gasteiger partial charge on any atom is 0.0469 e. The normalized spacial score (nSPS) is 31.3. The van der Waals surface area contributed by atoms with Gasteiger partial charge >= 0.3 is 0 Å². The van der Waals surface area contributed by atoms with E-state index in [1.54, 1.807) is 0 Å². The highest BCUT2D eigenvalue weighted by atomic mass is 14.9. The molecule has 0 spiro atoms. The number of aryl methyl sites for hydroxylation is 1. The largest absolute Gasteiger partial charge is 0.314 e. The molecule has 0 saturated heterocycles. The summed E-state index contributed by atoms with van der Waals surface area (Å²) in [6.07, 6.45) is 10.1. The predicted octanol–water partition coefficient (Wildman–Crippen LogP) is 3.28. The van der Waals surface area contributed by atoms with Gasteiger partial charge in [-0.3, -0.25) is 4.98 Å². The molecule has 98 valence electrons. The molecule has 0 bridgehead atoms. The summed E-state index contributed by atoms with van der Waals surface area (Å²) in [7, 11) is 0. The highest BCUT2D eigenvalue weighted by Gasteiger charge is 2.33. The van der Waals surface area contributed by atoms with Gasteiger partial charge in [-0.2, -0.15) is 0 Å². The van der Waals surface area contributed by atoms with Crippen molar-refractivity contribution in [2.24, 2.45) is 5.92 Å². The van der Waals surface area contributed by atoms with Crippen molar-refractivity contribution < 1.29 is 0 Å². The minimum Gasteiger partial charge on any atom is -0.314 e. The van der Waals surface area contributed by atoms with Crippen LogP contribution in [-0.4, -0.2) is 17.6 Å². The lowest BCUT2D eigenvalue weighted by molar-refractivity contribution is 0.250. The lowest BCUT2D eigenvalue weighted by atomic mass is 9.76. The van der Waals surface area contributed by atoms with Gasteiger partial charge < -0.3 is 5.32 Å². The summed E-state index contributed by atoms with van der Waals surface area (Å²) in [6.45, 7) is 3.33. The second-order valence-corrected chi connectivity index (χ2v) is 5.87. The van der Waals surface area contributed by atoms with Gasteiger partial charge in [0.2, 0.25) is 0 Å². The van der Waals surface area contributed by atoms with E-state index in [2.05, 4.69) is 29.4 Å². The Morgan fingerprint density at radius 3 is 3.17 bits per heavy atom. The molecule has 0 amide bonds. The van der Waals surface area contributed by atoms with Crippen molar-refractivity contribution in [1.82, 2.24) is 10.3 Å². The van der Waals surface area contributed by atoms with E-state index in [0.717, 1.165) is 24.4 Å². The van der Waals surface area contributed by atoms with Crippen molar-refractivity contribution in [2.45, 2.75) is 57.4 Å². The highest BCUT2D eigenvalue weighted by Crippen LogP contribution is 2.43. The van der Waals surface area contributed by atoms with Crippen LogP contribution in [0.5, 0.6) is 0 Å². The molecular weight excluding hydrogens is 220 g/mol. The number of aromatic nitrogens is 1. The molecule has 2 aliphatic carbocycles. The summed E-state index contributed by atoms with van der Waals surface area (Å²) >= 11 is 0. The summed E-state index contributed by atoms with van der Waals surface area (Å²) in [6, 6.07) is 5.11. The Hall–Kier alpha value is -0.890. The summed E-state index contributed by atoms with van der Waals surface area (Å²) in [5.74, 6) is 1.60. The first kappa shape index (κ1) is 12.2. The van der Waals surface area contributed by atoms with Crippen LogP contribution in [0.15, 0.2) is 18.3 Å². The predicted molar refractivity (Wildman–Crippen MR) is 74.7 cm³/mol. The fourth-order valence-electron chi connectivity index (χ4n) is 3.97. The SMILES string of the molecule is CCNC1CCCC(C2CCc3cccnc32)C1. The molecule has 2 aliphatic rings. The third-order valence-electron chi connectivity index (χ3n) is 4.78. The standard InChI is InChI=1S/C16H24N2/c1-2-17-14-7-3-5-13(11-14)15-9-8-12-6-4-10-18-16(12)15/h4,6,10,13-15,17H,2-3,5,7-9,11H2,1H3. The zero-order valence-electron chi connectivity index (χ0n) is 11.4. The molecule has 1 saturated carbocycles. The van der Waals surface area contributed by atoms with Gasteiger partial charge in [-0.1, -0.05) is 19.4 Å². The Kier molecular flexibility index (Phi) is 3.64. The Bertz CT molecular complexity index is 400. The number of hydrogen-bond donors (Lipinski definition) is 1. The smallest absolute Gasteiger partial charge is 0.0469 e. The third kappa shape index (κ3) is 2.31. The van der Waals surface area contributed by atoms with Crippen molar-refractivity contribution in [2.75, 3.05) is 6.54 Å². The molecule has 1 aromatic rings. The Balaban J connectivity index is 1.72. The molecule has 3 rings (SSSR count). The minimum absolute atomic E-state index is 0.739. The first-order valence-electron chi connectivity index (χ1n) is 7.55. The summed E-state index contributed by atoms with van der Waals surface area (Å²) in [5, 5.41) is 3.64. The minimum atomic E-state index is 0.739. The fourth-order valence-corrected chi connectivity index (χ4v) is 3.97. The molecule has 1 aromatic heterocycles. The first-order valence-corrected chi connectivity index (χ1v) is 7.55. The zero-order valence-corrected chi connectivity index (χ0v) is 11.4. The van der Waals surface area contributed by atoms with E-state index in [0.29, 0.717) is 0 Å². The highest BCUT2D eigenvalue weighted by molar-refractivity contribution is 5.29. The van der Waals surface area contributed by atoms with Crippen molar-refractivity contribution in [3.63, 3.8) is 0 Å². The van der Waals surface area contributed by atoms with Crippen LogP contribution in [0.1, 0.15) is 56.2 Å². The van der Waals surface area contributed by atoms with Crippen LogP contribution in [0.2, 0.25) is 0 Å². The quantitative estimate of drug-likeness (QED) is 0.882. The Labute approximate surface area is 110 Å². The Morgan fingerprint density at radius 2 is 2.28 bits per heavy atom. The molecule has 0 radical (unpaired) electrons. The third-order valence-corrected chi connectivity index (χ3v) is 4.78. The number of fused-ring (bicyclic) bond motifs is 1. The molecule has 2 heteroatoms. The molecule has 3 unspecified atom stereocenters. The summed E-state index contributed by atoms with van der Waals surface area (Å²) < 4.78 is 0. The van der Waals surface area contributed by atoms with Crippen LogP contribution in [0.3, 0.4) is 0 Å². The van der Waals surface area contributed by atoms with Gasteiger partial charge in [0.05, 0.1) is 0 Å². The van der Waals surface area contributed by atoms with E-state index in [1.165, 1.54) is 49.8 Å². The van der Waals surface area contributed by atoms with Crippen LogP contribution >= 0.6 is 0 Å². The van der Waals surface area contributed by atoms with E-state index >= 15 is 0 Å². The van der Waals surface area contributed by atoms with Crippen molar-refractivity contribution in [1.29, 1.82) is 0 Å². The average Bonchev–Trinajstić information content (AvgIpc) is 2.83. The number of pyridine rings is 1. The average molecular weight is 244 g/mol. The van der Waals surface area contributed by atoms with Gasteiger partial charge in [-0.15, -0.1) is 0 Å². The van der Waals surface area contributed by atoms with Crippen molar-refractivity contribution >= 4 is 0 Å². The van der Waals surface area contributed by atoms with Crippen LogP contribution in [0.4, 0.5) is 0 Å². The van der Waals surface area contributed by atoms with Gasteiger partial charge in [-0.05, 0) is 56.2 Å². The first-order chi connectivity index (χ1) is 8.88. The summed E-state index contributed by atoms with van der Waals surface area (Å²) in [4.78, 5) is 4.67. The van der Waals surface area contributed by atoms with E-state index < -0.39 is 0 Å². The monoisotopic (exact) mass is 244 g/mol. The molecule has 0 aliphatic heterocycles. The Morgan fingerprint density at radius 1 is 1.33 bits per heavy atom. The fraction of sp³-hybridized carbons (Fsp3) is 0.688. The van der Waals surface area contributed by atoms with Crippen LogP contribution in [0.25, 0.3) is 0 Å². The van der Waals surface area contributed by atoms with E-state index in [4.69, 9.17) is 0 Å². The zero-order chi connectivity index (χ0) is 12.4. The molecule has 1 N–H and O–H groups in total. The maximum atomic E-state index is 4.67.